The number of aliphatic carboxylic acids is 1. The molecule has 2 amide bonds. The van der Waals surface area contributed by atoms with Gasteiger partial charge in [0.15, 0.2) is 0 Å². The van der Waals surface area contributed by atoms with Gasteiger partial charge in [0, 0.05) is 30.4 Å². The Morgan fingerprint density at radius 2 is 1.90 bits per heavy atom. The van der Waals surface area contributed by atoms with E-state index in [0.717, 1.165) is 46.5 Å². The normalized spacial score (nSPS) is 13.1. The molecular formula is C30H36N4O5. The Labute approximate surface area is 228 Å². The van der Waals surface area contributed by atoms with Crippen molar-refractivity contribution in [1.29, 1.82) is 0 Å². The number of fused-ring (bicyclic) bond motifs is 1. The van der Waals surface area contributed by atoms with E-state index in [9.17, 15) is 14.4 Å². The van der Waals surface area contributed by atoms with E-state index in [2.05, 4.69) is 23.4 Å². The molecule has 2 heterocycles. The van der Waals surface area contributed by atoms with Crippen LogP contribution in [0.3, 0.4) is 0 Å². The zero-order valence-corrected chi connectivity index (χ0v) is 23.0. The fourth-order valence-electron chi connectivity index (χ4n) is 4.82. The largest absolute Gasteiger partial charge is 0.493 e. The Hall–Kier alpha value is -4.14. The van der Waals surface area contributed by atoms with Crippen LogP contribution in [0.4, 0.5) is 5.69 Å². The van der Waals surface area contributed by atoms with E-state index in [4.69, 9.17) is 9.84 Å². The van der Waals surface area contributed by atoms with E-state index in [-0.39, 0.29) is 5.91 Å². The van der Waals surface area contributed by atoms with Gasteiger partial charge in [0.25, 0.3) is 0 Å². The molecule has 1 aromatic heterocycles. The van der Waals surface area contributed by atoms with Gasteiger partial charge in [-0.05, 0) is 81.3 Å². The van der Waals surface area contributed by atoms with Crippen LogP contribution in [0.2, 0.25) is 0 Å². The summed E-state index contributed by atoms with van der Waals surface area (Å²) in [6, 6.07) is 11.9. The van der Waals surface area contributed by atoms with Gasteiger partial charge in [-0.3, -0.25) is 19.1 Å². The third-order valence-electron chi connectivity index (χ3n) is 7.32. The minimum Gasteiger partial charge on any atom is -0.493 e. The Morgan fingerprint density at radius 1 is 1.13 bits per heavy atom. The molecule has 0 saturated heterocycles. The summed E-state index contributed by atoms with van der Waals surface area (Å²) in [6.45, 7) is 8.16. The smallest absolute Gasteiger partial charge is 0.322 e. The van der Waals surface area contributed by atoms with Crippen LogP contribution in [0, 0.1) is 13.8 Å². The predicted molar refractivity (Wildman–Crippen MR) is 149 cm³/mol. The number of aryl methyl sites for hydroxylation is 1. The quantitative estimate of drug-likeness (QED) is 0.378. The number of ether oxygens (including phenoxy) is 1. The molecule has 0 unspecified atom stereocenters. The van der Waals surface area contributed by atoms with Crippen molar-refractivity contribution in [2.24, 2.45) is 0 Å². The molecule has 0 fully saturated rings. The molecule has 9 heteroatoms. The van der Waals surface area contributed by atoms with Crippen molar-refractivity contribution in [3.63, 3.8) is 0 Å². The lowest BCUT2D eigenvalue weighted by Crippen LogP contribution is -2.46. The number of carboxylic acids is 1. The molecule has 0 aliphatic carbocycles. The van der Waals surface area contributed by atoms with Crippen LogP contribution in [0.25, 0.3) is 11.1 Å². The van der Waals surface area contributed by atoms with Crippen LogP contribution in [0.5, 0.6) is 5.75 Å². The second kappa shape index (κ2) is 11.7. The highest BCUT2D eigenvalue weighted by Gasteiger charge is 2.31. The number of amides is 2. The molecule has 9 nitrogen and oxygen atoms in total. The highest BCUT2D eigenvalue weighted by atomic mass is 16.5. The van der Waals surface area contributed by atoms with Gasteiger partial charge in [0.2, 0.25) is 11.8 Å². The number of rotatable bonds is 10. The molecule has 0 atom stereocenters. The number of nitrogens with zero attached hydrogens (tertiary/aromatic N) is 3. The average molecular weight is 533 g/mol. The lowest BCUT2D eigenvalue weighted by Gasteiger charge is -2.31. The van der Waals surface area contributed by atoms with E-state index < -0.39 is 24.0 Å². The number of hydrogen-bond acceptors (Lipinski definition) is 5. The molecule has 2 aromatic carbocycles. The standard InChI is InChI=1S/C30H36N4O5/c1-20-9-5-13-26(21(20)2)39-16-8-14-27(35)33-15-7-11-24-23(10-6-12-25(24)33)22-17-32-34(19-22)30(3,4)29(38)31-18-28(36)37/h5-6,9-10,12-13,17,19H,7-8,11,14-16,18H2,1-4H3,(H,31,38)(H,36,37). The molecule has 1 aliphatic rings. The summed E-state index contributed by atoms with van der Waals surface area (Å²) in [6.07, 6.45) is 6.20. The Kier molecular flexibility index (Phi) is 8.38. The Morgan fingerprint density at radius 3 is 2.67 bits per heavy atom. The lowest BCUT2D eigenvalue weighted by molar-refractivity contribution is -0.139. The van der Waals surface area contributed by atoms with Crippen molar-refractivity contribution in [3.05, 3.63) is 65.5 Å². The first kappa shape index (κ1) is 27.9. The van der Waals surface area contributed by atoms with Crippen molar-refractivity contribution >= 4 is 23.5 Å². The summed E-state index contributed by atoms with van der Waals surface area (Å²) in [7, 11) is 0. The molecule has 1 aliphatic heterocycles. The van der Waals surface area contributed by atoms with Crippen LogP contribution in [0.15, 0.2) is 48.8 Å². The first-order chi connectivity index (χ1) is 18.6. The minimum absolute atomic E-state index is 0.0737. The first-order valence-corrected chi connectivity index (χ1v) is 13.3. The van der Waals surface area contributed by atoms with Gasteiger partial charge >= 0.3 is 5.97 Å². The molecule has 4 rings (SSSR count). The van der Waals surface area contributed by atoms with E-state index >= 15 is 0 Å². The summed E-state index contributed by atoms with van der Waals surface area (Å²) in [5.74, 6) is -0.611. The van der Waals surface area contributed by atoms with Gasteiger partial charge in [-0.2, -0.15) is 5.10 Å². The molecule has 3 aromatic rings. The Bertz CT molecular complexity index is 1380. The van der Waals surface area contributed by atoms with Crippen LogP contribution < -0.4 is 15.0 Å². The van der Waals surface area contributed by atoms with Crippen molar-refractivity contribution in [1.82, 2.24) is 15.1 Å². The summed E-state index contributed by atoms with van der Waals surface area (Å²) in [5, 5.41) is 15.7. The first-order valence-electron chi connectivity index (χ1n) is 13.3. The molecule has 0 radical (unpaired) electrons. The van der Waals surface area contributed by atoms with Crippen LogP contribution in [-0.4, -0.2) is 52.4 Å². The topological polar surface area (TPSA) is 114 Å². The number of benzene rings is 2. The molecular weight excluding hydrogens is 496 g/mol. The highest BCUT2D eigenvalue weighted by molar-refractivity contribution is 5.96. The van der Waals surface area contributed by atoms with Gasteiger partial charge in [0.1, 0.15) is 17.8 Å². The fourth-order valence-corrected chi connectivity index (χ4v) is 4.82. The van der Waals surface area contributed by atoms with Gasteiger partial charge in [-0.15, -0.1) is 0 Å². The number of carbonyl (C=O) groups is 3. The van der Waals surface area contributed by atoms with Gasteiger partial charge in [-0.1, -0.05) is 24.3 Å². The summed E-state index contributed by atoms with van der Waals surface area (Å²) >= 11 is 0. The minimum atomic E-state index is -1.11. The number of aromatic nitrogens is 2. The number of carboxylic acid groups (broad SMARTS) is 1. The number of anilines is 1. The van der Waals surface area contributed by atoms with Crippen LogP contribution >= 0.6 is 0 Å². The zero-order chi connectivity index (χ0) is 28.2. The van der Waals surface area contributed by atoms with E-state index in [1.54, 1.807) is 30.9 Å². The predicted octanol–water partition coefficient (Wildman–Crippen LogP) is 4.24. The van der Waals surface area contributed by atoms with Crippen LogP contribution in [0.1, 0.15) is 49.8 Å². The van der Waals surface area contributed by atoms with Crippen LogP contribution in [-0.2, 0) is 26.3 Å². The monoisotopic (exact) mass is 532 g/mol. The SMILES string of the molecule is Cc1cccc(OCCCC(=O)N2CCCc3c(-c4cnn(C(C)(C)C(=O)NCC(=O)O)c4)cccc32)c1C. The Balaban J connectivity index is 1.45. The zero-order valence-electron chi connectivity index (χ0n) is 23.0. The average Bonchev–Trinajstić information content (AvgIpc) is 3.42. The maximum absolute atomic E-state index is 13.2. The fraction of sp³-hybridized carbons (Fsp3) is 0.400. The van der Waals surface area contributed by atoms with E-state index in [0.29, 0.717) is 26.0 Å². The molecule has 39 heavy (non-hydrogen) atoms. The summed E-state index contributed by atoms with van der Waals surface area (Å²) in [5.41, 5.74) is 5.01. The van der Waals surface area contributed by atoms with Gasteiger partial charge in [0.05, 0.1) is 12.8 Å². The summed E-state index contributed by atoms with van der Waals surface area (Å²) < 4.78 is 7.48. The maximum atomic E-state index is 13.2. The molecule has 2 N–H and O–H groups in total. The second-order valence-electron chi connectivity index (χ2n) is 10.4. The highest BCUT2D eigenvalue weighted by Crippen LogP contribution is 2.36. The van der Waals surface area contributed by atoms with Crippen molar-refractivity contribution < 1.29 is 24.2 Å². The number of nitrogens with one attached hydrogen (secondary N) is 1. The summed E-state index contributed by atoms with van der Waals surface area (Å²) in [4.78, 5) is 38.5. The molecule has 0 bridgehead atoms. The maximum Gasteiger partial charge on any atom is 0.322 e. The third kappa shape index (κ3) is 6.13. The number of hydrogen-bond donors (Lipinski definition) is 2. The van der Waals surface area contributed by atoms with E-state index in [1.165, 1.54) is 5.56 Å². The molecule has 0 spiro atoms. The number of carbonyl (C=O) groups excluding carboxylic acids is 2. The third-order valence-corrected chi connectivity index (χ3v) is 7.32. The van der Waals surface area contributed by atoms with Crippen molar-refractivity contribution in [2.75, 3.05) is 24.6 Å². The second-order valence-corrected chi connectivity index (χ2v) is 10.4. The molecule has 0 saturated carbocycles. The lowest BCUT2D eigenvalue weighted by atomic mass is 9.93. The van der Waals surface area contributed by atoms with Crippen molar-refractivity contribution in [2.45, 2.75) is 58.9 Å². The van der Waals surface area contributed by atoms with Crippen molar-refractivity contribution in [3.8, 4) is 16.9 Å². The van der Waals surface area contributed by atoms with E-state index in [1.807, 2.05) is 42.2 Å². The van der Waals surface area contributed by atoms with Gasteiger partial charge in [-0.25, -0.2) is 0 Å². The molecule has 206 valence electrons. The van der Waals surface area contributed by atoms with Gasteiger partial charge < -0.3 is 20.1 Å².